The molecule has 0 saturated heterocycles. The average molecular weight is 207 g/mol. The van der Waals surface area contributed by atoms with E-state index in [1.54, 1.807) is 0 Å². The van der Waals surface area contributed by atoms with Gasteiger partial charge in [-0.1, -0.05) is 12.7 Å². The molecule has 0 aromatic rings. The Morgan fingerprint density at radius 3 is 2.70 bits per heavy atom. The molecule has 0 aliphatic carbocycles. The van der Waals surface area contributed by atoms with E-state index in [9.17, 15) is 4.39 Å². The first kappa shape index (κ1) is 9.59. The topological polar surface area (TPSA) is 20.2 Å². The number of rotatable bonds is 3. The van der Waals surface area contributed by atoms with E-state index in [-0.39, 0.29) is 11.1 Å². The Labute approximate surface area is 67.7 Å². The van der Waals surface area contributed by atoms with Crippen molar-refractivity contribution in [2.75, 3.05) is 6.61 Å². The van der Waals surface area contributed by atoms with Gasteiger partial charge >= 0.3 is 0 Å². The minimum atomic E-state index is -0.484. The third-order valence-electron chi connectivity index (χ3n) is 0.763. The van der Waals surface area contributed by atoms with E-state index in [4.69, 9.17) is 5.11 Å². The molecule has 0 unspecified atom stereocenters. The summed E-state index contributed by atoms with van der Waals surface area (Å²) in [5.41, 5.74) is 0. The molecule has 10 heavy (non-hydrogen) atoms. The minimum Gasteiger partial charge on any atom is -0.392 e. The number of hydrogen-bond donors (Lipinski definition) is 1. The molecule has 0 radical (unpaired) electrons. The normalized spacial score (nSPS) is 13.5. The van der Waals surface area contributed by atoms with Crippen molar-refractivity contribution in [3.63, 3.8) is 0 Å². The highest BCUT2D eigenvalue weighted by molar-refractivity contribution is 9.11. The van der Waals surface area contributed by atoms with Gasteiger partial charge < -0.3 is 5.11 Å². The molecule has 1 N–H and O–H groups in total. The van der Waals surface area contributed by atoms with Gasteiger partial charge in [-0.15, -0.1) is 0 Å². The lowest BCUT2D eigenvalue weighted by Crippen LogP contribution is -1.77. The molecule has 0 rings (SSSR count). The standard InChI is InChI=1S/C7H8BrFO/c1-2-3-6(8)7(9)4-5-10/h2-4,10H,1,5H2/b6-3+,7-4+. The van der Waals surface area contributed by atoms with E-state index < -0.39 is 5.83 Å². The van der Waals surface area contributed by atoms with Gasteiger partial charge in [0.25, 0.3) is 0 Å². The largest absolute Gasteiger partial charge is 0.392 e. The van der Waals surface area contributed by atoms with Crippen molar-refractivity contribution in [2.45, 2.75) is 0 Å². The van der Waals surface area contributed by atoms with Crippen LogP contribution in [0.25, 0.3) is 0 Å². The van der Waals surface area contributed by atoms with E-state index in [2.05, 4.69) is 22.5 Å². The summed E-state index contributed by atoms with van der Waals surface area (Å²) >= 11 is 2.94. The van der Waals surface area contributed by atoms with Crippen molar-refractivity contribution < 1.29 is 9.50 Å². The Bertz CT molecular complexity index is 172. The van der Waals surface area contributed by atoms with Crippen LogP contribution in [0.2, 0.25) is 0 Å². The van der Waals surface area contributed by atoms with Crippen LogP contribution in [0.5, 0.6) is 0 Å². The first-order valence-electron chi connectivity index (χ1n) is 2.67. The Kier molecular flexibility index (Phi) is 5.16. The second-order valence-corrected chi connectivity index (χ2v) is 2.34. The third-order valence-corrected chi connectivity index (χ3v) is 1.41. The summed E-state index contributed by atoms with van der Waals surface area (Å²) in [5, 5.41) is 8.26. The third kappa shape index (κ3) is 3.58. The first-order chi connectivity index (χ1) is 4.72. The van der Waals surface area contributed by atoms with Gasteiger partial charge in [0.15, 0.2) is 0 Å². The van der Waals surface area contributed by atoms with Gasteiger partial charge in [0.1, 0.15) is 5.83 Å². The second kappa shape index (κ2) is 5.38. The zero-order valence-electron chi connectivity index (χ0n) is 5.35. The Hall–Kier alpha value is -0.410. The molecule has 0 amide bonds. The second-order valence-electron chi connectivity index (χ2n) is 1.48. The van der Waals surface area contributed by atoms with Crippen molar-refractivity contribution in [3.8, 4) is 0 Å². The number of allylic oxidation sites excluding steroid dienone is 4. The Morgan fingerprint density at radius 2 is 2.30 bits per heavy atom. The van der Waals surface area contributed by atoms with E-state index in [1.807, 2.05) is 0 Å². The number of hydrogen-bond acceptors (Lipinski definition) is 1. The van der Waals surface area contributed by atoms with Crippen molar-refractivity contribution in [1.82, 2.24) is 0 Å². The van der Waals surface area contributed by atoms with E-state index in [1.165, 1.54) is 12.2 Å². The van der Waals surface area contributed by atoms with Crippen LogP contribution in [0.1, 0.15) is 0 Å². The Morgan fingerprint density at radius 1 is 1.70 bits per heavy atom. The summed E-state index contributed by atoms with van der Waals surface area (Å²) in [5.74, 6) is -0.484. The number of halogens is 2. The maximum absolute atomic E-state index is 12.5. The fourth-order valence-corrected chi connectivity index (χ4v) is 0.710. The fraction of sp³-hybridized carbons (Fsp3) is 0.143. The SMILES string of the molecule is C=C/C=C(Br)\C(F)=C/CO. The zero-order valence-corrected chi connectivity index (χ0v) is 6.94. The van der Waals surface area contributed by atoms with Crippen LogP contribution in [0.4, 0.5) is 4.39 Å². The van der Waals surface area contributed by atoms with Gasteiger partial charge in [0.05, 0.1) is 11.1 Å². The lowest BCUT2D eigenvalue weighted by atomic mass is 10.4. The van der Waals surface area contributed by atoms with Crippen LogP contribution >= 0.6 is 15.9 Å². The molecule has 0 saturated carbocycles. The van der Waals surface area contributed by atoms with Crippen molar-refractivity contribution in [3.05, 3.63) is 35.1 Å². The minimum absolute atomic E-state index is 0.288. The van der Waals surface area contributed by atoms with Gasteiger partial charge in [0, 0.05) is 0 Å². The smallest absolute Gasteiger partial charge is 0.135 e. The van der Waals surface area contributed by atoms with Crippen molar-refractivity contribution >= 4 is 15.9 Å². The highest BCUT2D eigenvalue weighted by Gasteiger charge is 1.95. The Balaban J connectivity index is 4.19. The summed E-state index contributed by atoms with van der Waals surface area (Å²) < 4.78 is 12.8. The van der Waals surface area contributed by atoms with Crippen molar-refractivity contribution in [1.29, 1.82) is 0 Å². The molecule has 0 heterocycles. The average Bonchev–Trinajstić information content (AvgIpc) is 1.89. The summed E-state index contributed by atoms with van der Waals surface area (Å²) in [6, 6.07) is 0. The summed E-state index contributed by atoms with van der Waals surface area (Å²) in [4.78, 5) is 0. The van der Waals surface area contributed by atoms with Crippen LogP contribution in [0.15, 0.2) is 35.1 Å². The molecule has 56 valence electrons. The first-order valence-corrected chi connectivity index (χ1v) is 3.46. The molecule has 0 atom stereocenters. The zero-order chi connectivity index (χ0) is 7.98. The van der Waals surface area contributed by atoms with E-state index in [0.717, 1.165) is 6.08 Å². The van der Waals surface area contributed by atoms with Gasteiger partial charge in [-0.3, -0.25) is 0 Å². The molecule has 0 fully saturated rings. The predicted molar refractivity (Wildman–Crippen MR) is 43.5 cm³/mol. The predicted octanol–water partition coefficient (Wildman–Crippen LogP) is 2.30. The lowest BCUT2D eigenvalue weighted by Gasteiger charge is -1.90. The lowest BCUT2D eigenvalue weighted by molar-refractivity contribution is 0.339. The highest BCUT2D eigenvalue weighted by atomic mass is 79.9. The quantitative estimate of drug-likeness (QED) is 0.704. The molecule has 0 aromatic heterocycles. The van der Waals surface area contributed by atoms with Gasteiger partial charge in [0.2, 0.25) is 0 Å². The van der Waals surface area contributed by atoms with Crippen LogP contribution in [0, 0.1) is 0 Å². The molecule has 1 nitrogen and oxygen atoms in total. The van der Waals surface area contributed by atoms with Gasteiger partial charge in [-0.05, 0) is 28.1 Å². The molecular formula is C7H8BrFO. The van der Waals surface area contributed by atoms with Crippen molar-refractivity contribution in [2.24, 2.45) is 0 Å². The van der Waals surface area contributed by atoms with Crippen LogP contribution in [0.3, 0.4) is 0 Å². The highest BCUT2D eigenvalue weighted by Crippen LogP contribution is 2.17. The molecule has 0 aromatic carbocycles. The van der Waals surface area contributed by atoms with E-state index >= 15 is 0 Å². The fourth-order valence-electron chi connectivity index (χ4n) is 0.361. The summed E-state index contributed by atoms with van der Waals surface area (Å²) in [6.45, 7) is 3.08. The molecule has 3 heteroatoms. The monoisotopic (exact) mass is 206 g/mol. The molecular weight excluding hydrogens is 199 g/mol. The van der Waals surface area contributed by atoms with Crippen LogP contribution in [-0.2, 0) is 0 Å². The van der Waals surface area contributed by atoms with Gasteiger partial charge in [-0.25, -0.2) is 4.39 Å². The van der Waals surface area contributed by atoms with Crippen LogP contribution < -0.4 is 0 Å². The number of aliphatic hydroxyl groups is 1. The molecule has 0 spiro atoms. The summed E-state index contributed by atoms with van der Waals surface area (Å²) in [6.07, 6.45) is 3.97. The number of aliphatic hydroxyl groups excluding tert-OH is 1. The maximum atomic E-state index is 12.5. The van der Waals surface area contributed by atoms with Crippen LogP contribution in [-0.4, -0.2) is 11.7 Å². The van der Waals surface area contributed by atoms with E-state index in [0.29, 0.717) is 0 Å². The summed E-state index contributed by atoms with van der Waals surface area (Å²) in [7, 11) is 0. The van der Waals surface area contributed by atoms with Gasteiger partial charge in [-0.2, -0.15) is 0 Å². The molecule has 0 aliphatic heterocycles. The molecule has 0 bridgehead atoms. The maximum Gasteiger partial charge on any atom is 0.135 e. The molecule has 0 aliphatic rings.